The Morgan fingerprint density at radius 1 is 1.21 bits per heavy atom. The SMILES string of the molecule is CC(C)(C)OC(=O)N1CCNCC1CCCC(=O)OC1CCCC1. The smallest absolute Gasteiger partial charge is 0.410 e. The van der Waals surface area contributed by atoms with Gasteiger partial charge in [-0.2, -0.15) is 0 Å². The van der Waals surface area contributed by atoms with E-state index in [4.69, 9.17) is 9.47 Å². The second-order valence-electron chi connectivity index (χ2n) is 7.82. The number of ether oxygens (including phenoxy) is 2. The highest BCUT2D eigenvalue weighted by Crippen LogP contribution is 2.22. The van der Waals surface area contributed by atoms with Gasteiger partial charge in [0, 0.05) is 32.1 Å². The molecule has 2 fully saturated rings. The van der Waals surface area contributed by atoms with Crippen molar-refractivity contribution in [3.05, 3.63) is 0 Å². The highest BCUT2D eigenvalue weighted by Gasteiger charge is 2.30. The standard InChI is InChI=1S/C18H32N2O4/c1-18(2,3)24-17(22)20-12-11-19-13-14(20)7-6-10-16(21)23-15-8-4-5-9-15/h14-15,19H,4-13H2,1-3H3. The van der Waals surface area contributed by atoms with Gasteiger partial charge in [-0.3, -0.25) is 4.79 Å². The van der Waals surface area contributed by atoms with Gasteiger partial charge >= 0.3 is 12.1 Å². The number of rotatable bonds is 5. The Morgan fingerprint density at radius 2 is 1.92 bits per heavy atom. The first kappa shape index (κ1) is 19.0. The lowest BCUT2D eigenvalue weighted by molar-refractivity contribution is -0.148. The molecule has 1 saturated carbocycles. The molecule has 0 aromatic rings. The Hall–Kier alpha value is -1.30. The Labute approximate surface area is 145 Å². The van der Waals surface area contributed by atoms with Gasteiger partial charge in [0.25, 0.3) is 0 Å². The van der Waals surface area contributed by atoms with Gasteiger partial charge in [0.15, 0.2) is 0 Å². The number of amides is 1. The molecule has 1 heterocycles. The minimum Gasteiger partial charge on any atom is -0.462 e. The zero-order valence-corrected chi connectivity index (χ0v) is 15.3. The van der Waals surface area contributed by atoms with Gasteiger partial charge in [-0.15, -0.1) is 0 Å². The van der Waals surface area contributed by atoms with E-state index in [9.17, 15) is 9.59 Å². The number of hydrogen-bond donors (Lipinski definition) is 1. The normalized spacial score (nSPS) is 22.5. The lowest BCUT2D eigenvalue weighted by Crippen LogP contribution is -2.54. The van der Waals surface area contributed by atoms with Crippen LogP contribution >= 0.6 is 0 Å². The van der Waals surface area contributed by atoms with Crippen molar-refractivity contribution in [1.82, 2.24) is 10.2 Å². The van der Waals surface area contributed by atoms with Crippen LogP contribution in [0.2, 0.25) is 0 Å². The van der Waals surface area contributed by atoms with Crippen molar-refractivity contribution >= 4 is 12.1 Å². The van der Waals surface area contributed by atoms with Crippen LogP contribution < -0.4 is 5.32 Å². The van der Waals surface area contributed by atoms with Gasteiger partial charge in [0.2, 0.25) is 0 Å². The third-order valence-corrected chi connectivity index (χ3v) is 4.50. The largest absolute Gasteiger partial charge is 0.462 e. The van der Waals surface area contributed by atoms with Crippen LogP contribution in [0, 0.1) is 0 Å². The molecule has 0 bridgehead atoms. The van der Waals surface area contributed by atoms with Gasteiger partial charge in [-0.05, 0) is 59.3 Å². The molecule has 1 N–H and O–H groups in total. The maximum atomic E-state index is 12.3. The number of hydrogen-bond acceptors (Lipinski definition) is 5. The van der Waals surface area contributed by atoms with Crippen molar-refractivity contribution in [3.63, 3.8) is 0 Å². The highest BCUT2D eigenvalue weighted by atomic mass is 16.6. The Morgan fingerprint density at radius 3 is 2.58 bits per heavy atom. The molecule has 1 amide bonds. The monoisotopic (exact) mass is 340 g/mol. The minimum atomic E-state index is -0.488. The summed E-state index contributed by atoms with van der Waals surface area (Å²) < 4.78 is 11.0. The minimum absolute atomic E-state index is 0.0767. The number of carbonyl (C=O) groups is 2. The van der Waals surface area contributed by atoms with Crippen molar-refractivity contribution in [2.45, 2.75) is 83.5 Å². The topological polar surface area (TPSA) is 67.9 Å². The average Bonchev–Trinajstić information content (AvgIpc) is 2.98. The summed E-state index contributed by atoms with van der Waals surface area (Å²) in [6, 6.07) is 0.0767. The lowest BCUT2D eigenvalue weighted by Gasteiger charge is -2.37. The van der Waals surface area contributed by atoms with Crippen molar-refractivity contribution in [3.8, 4) is 0 Å². The summed E-state index contributed by atoms with van der Waals surface area (Å²) in [5.74, 6) is -0.102. The average molecular weight is 340 g/mol. The summed E-state index contributed by atoms with van der Waals surface area (Å²) in [4.78, 5) is 26.0. The van der Waals surface area contributed by atoms with E-state index < -0.39 is 5.60 Å². The fraction of sp³-hybridized carbons (Fsp3) is 0.889. The van der Waals surface area contributed by atoms with E-state index in [-0.39, 0.29) is 24.2 Å². The van der Waals surface area contributed by atoms with Crippen LogP contribution in [0.15, 0.2) is 0 Å². The molecule has 2 rings (SSSR count). The van der Waals surface area contributed by atoms with E-state index in [1.165, 1.54) is 0 Å². The zero-order chi connectivity index (χ0) is 17.6. The number of piperazine rings is 1. The first-order chi connectivity index (χ1) is 11.3. The van der Waals surface area contributed by atoms with Gasteiger partial charge in [-0.25, -0.2) is 4.79 Å². The number of carbonyl (C=O) groups excluding carboxylic acids is 2. The molecule has 2 aliphatic rings. The fourth-order valence-corrected chi connectivity index (χ4v) is 3.31. The molecular weight excluding hydrogens is 308 g/mol. The number of nitrogens with one attached hydrogen (secondary N) is 1. The Bertz CT molecular complexity index is 427. The zero-order valence-electron chi connectivity index (χ0n) is 15.3. The summed E-state index contributed by atoms with van der Waals surface area (Å²) in [6.07, 6.45) is 6.15. The molecule has 6 nitrogen and oxygen atoms in total. The highest BCUT2D eigenvalue weighted by molar-refractivity contribution is 5.70. The molecule has 0 aromatic heterocycles. The van der Waals surface area contributed by atoms with Crippen molar-refractivity contribution in [1.29, 1.82) is 0 Å². The van der Waals surface area contributed by atoms with Crippen molar-refractivity contribution in [2.75, 3.05) is 19.6 Å². The van der Waals surface area contributed by atoms with Gasteiger partial charge in [0.1, 0.15) is 11.7 Å². The van der Waals surface area contributed by atoms with E-state index in [0.717, 1.165) is 51.6 Å². The summed E-state index contributed by atoms with van der Waals surface area (Å²) in [5, 5.41) is 3.31. The van der Waals surface area contributed by atoms with E-state index in [0.29, 0.717) is 13.0 Å². The van der Waals surface area contributed by atoms with E-state index >= 15 is 0 Å². The second kappa shape index (κ2) is 8.70. The molecule has 1 aliphatic heterocycles. The molecule has 1 aliphatic carbocycles. The van der Waals surface area contributed by atoms with Crippen LogP contribution in [-0.4, -0.2) is 54.3 Å². The summed E-state index contributed by atoms with van der Waals surface area (Å²) >= 11 is 0. The summed E-state index contributed by atoms with van der Waals surface area (Å²) in [6.45, 7) is 7.80. The van der Waals surface area contributed by atoms with Crippen LogP contribution in [0.4, 0.5) is 4.79 Å². The molecule has 1 atom stereocenters. The predicted octanol–water partition coefficient (Wildman–Crippen LogP) is 2.85. The van der Waals surface area contributed by atoms with E-state index in [1.807, 2.05) is 20.8 Å². The molecular formula is C18H32N2O4. The molecule has 24 heavy (non-hydrogen) atoms. The Balaban J connectivity index is 1.74. The third kappa shape index (κ3) is 6.30. The molecule has 138 valence electrons. The predicted molar refractivity (Wildman–Crippen MR) is 91.8 cm³/mol. The van der Waals surface area contributed by atoms with Crippen LogP contribution in [0.3, 0.4) is 0 Å². The first-order valence-corrected chi connectivity index (χ1v) is 9.25. The van der Waals surface area contributed by atoms with Crippen molar-refractivity contribution < 1.29 is 19.1 Å². The maximum Gasteiger partial charge on any atom is 0.410 e. The van der Waals surface area contributed by atoms with E-state index in [1.54, 1.807) is 4.90 Å². The molecule has 0 radical (unpaired) electrons. The van der Waals surface area contributed by atoms with Crippen LogP contribution in [0.1, 0.15) is 65.7 Å². The quantitative estimate of drug-likeness (QED) is 0.780. The van der Waals surface area contributed by atoms with Gasteiger partial charge in [0.05, 0.1) is 0 Å². The summed E-state index contributed by atoms with van der Waals surface area (Å²) in [5.41, 5.74) is -0.488. The first-order valence-electron chi connectivity index (χ1n) is 9.25. The molecule has 0 aromatic carbocycles. The second-order valence-corrected chi connectivity index (χ2v) is 7.82. The number of esters is 1. The Kier molecular flexibility index (Phi) is 6.90. The van der Waals surface area contributed by atoms with Crippen molar-refractivity contribution in [2.24, 2.45) is 0 Å². The van der Waals surface area contributed by atoms with Crippen LogP contribution in [0.25, 0.3) is 0 Å². The van der Waals surface area contributed by atoms with E-state index in [2.05, 4.69) is 5.32 Å². The fourth-order valence-electron chi connectivity index (χ4n) is 3.31. The third-order valence-electron chi connectivity index (χ3n) is 4.50. The van der Waals surface area contributed by atoms with Crippen LogP contribution in [0.5, 0.6) is 0 Å². The lowest BCUT2D eigenvalue weighted by atomic mass is 10.1. The van der Waals surface area contributed by atoms with Crippen LogP contribution in [-0.2, 0) is 14.3 Å². The van der Waals surface area contributed by atoms with Gasteiger partial charge in [-0.1, -0.05) is 0 Å². The van der Waals surface area contributed by atoms with Gasteiger partial charge < -0.3 is 19.7 Å². The maximum absolute atomic E-state index is 12.3. The molecule has 1 unspecified atom stereocenters. The molecule has 6 heteroatoms. The summed E-state index contributed by atoms with van der Waals surface area (Å²) in [7, 11) is 0. The molecule has 0 spiro atoms. The molecule has 1 saturated heterocycles. The number of nitrogens with zero attached hydrogens (tertiary/aromatic N) is 1.